The first-order valence-corrected chi connectivity index (χ1v) is 4.80. The molecule has 0 aromatic carbocycles. The van der Waals surface area contributed by atoms with Gasteiger partial charge >= 0.3 is 18.9 Å². The van der Waals surface area contributed by atoms with Gasteiger partial charge in [0.15, 0.2) is 0 Å². The van der Waals surface area contributed by atoms with Crippen molar-refractivity contribution >= 4 is 7.28 Å². The maximum Gasteiger partial charge on any atom is 1.00 e. The van der Waals surface area contributed by atoms with Gasteiger partial charge in [-0.15, -0.1) is 0 Å². The van der Waals surface area contributed by atoms with E-state index in [-0.39, 0.29) is 18.9 Å². The van der Waals surface area contributed by atoms with Crippen LogP contribution in [0.2, 0.25) is 11.6 Å². The van der Waals surface area contributed by atoms with Crippen LogP contribution < -0.4 is 18.9 Å². The summed E-state index contributed by atoms with van der Waals surface area (Å²) in [6, 6.07) is 0. The predicted octanol–water partition coefficient (Wildman–Crippen LogP) is 0.623. The molecule has 2 atom stereocenters. The molecule has 0 aromatic heterocycles. The molecule has 0 fully saturated rings. The first-order chi connectivity index (χ1) is 4.95. The maximum atomic E-state index is 2.48. The third kappa shape index (κ3) is 6.21. The van der Waals surface area contributed by atoms with E-state index in [0.29, 0.717) is 0 Å². The van der Waals surface area contributed by atoms with Crippen molar-refractivity contribution in [3.63, 3.8) is 0 Å². The molecule has 0 aliphatic rings. The smallest absolute Gasteiger partial charge is 0.328 e. The third-order valence-electron chi connectivity index (χ3n) is 2.71. The second-order valence-electron chi connectivity index (χ2n) is 4.40. The summed E-state index contributed by atoms with van der Waals surface area (Å²) in [5, 5.41) is 0. The summed E-state index contributed by atoms with van der Waals surface area (Å²) in [6.45, 7) is 13.8. The monoisotopic (exact) mass is 160 g/mol. The van der Waals surface area contributed by atoms with Gasteiger partial charge in [0.2, 0.25) is 0 Å². The van der Waals surface area contributed by atoms with E-state index in [0.717, 1.165) is 23.5 Å². The standard InChI is InChI=1S/C10H22B.Li/c1-7(2)9(5)11-10(6)8(3)4;/h7-10H,1-6H3;/q-1;+1. The van der Waals surface area contributed by atoms with Gasteiger partial charge in [-0.1, -0.05) is 53.4 Å². The van der Waals surface area contributed by atoms with Crippen LogP contribution in [0.25, 0.3) is 0 Å². The van der Waals surface area contributed by atoms with Crippen molar-refractivity contribution in [2.75, 3.05) is 0 Å². The molecule has 0 N–H and O–H groups in total. The normalized spacial score (nSPS) is 16.0. The Morgan fingerprint density at radius 3 is 1.08 bits per heavy atom. The molecule has 2 unspecified atom stereocenters. The average Bonchev–Trinajstić information content (AvgIpc) is 1.87. The van der Waals surface area contributed by atoms with Crippen LogP contribution in [0.3, 0.4) is 0 Å². The van der Waals surface area contributed by atoms with Crippen LogP contribution in [0.4, 0.5) is 0 Å². The molecule has 0 aliphatic heterocycles. The molecular weight excluding hydrogens is 138 g/mol. The molecule has 12 heavy (non-hydrogen) atoms. The van der Waals surface area contributed by atoms with Gasteiger partial charge in [-0.05, 0) is 0 Å². The van der Waals surface area contributed by atoms with E-state index in [4.69, 9.17) is 0 Å². The van der Waals surface area contributed by atoms with Gasteiger partial charge < -0.3 is 7.28 Å². The van der Waals surface area contributed by atoms with Crippen LogP contribution in [0, 0.1) is 11.8 Å². The number of rotatable bonds is 4. The Morgan fingerprint density at radius 2 is 0.917 bits per heavy atom. The molecule has 66 valence electrons. The molecule has 0 saturated heterocycles. The van der Waals surface area contributed by atoms with Crippen LogP contribution in [0.15, 0.2) is 0 Å². The molecule has 0 rings (SSSR count). The molecule has 0 nitrogen and oxygen atoms in total. The second kappa shape index (κ2) is 7.10. The minimum atomic E-state index is 0. The molecule has 0 aromatic rings. The van der Waals surface area contributed by atoms with E-state index in [9.17, 15) is 0 Å². The van der Waals surface area contributed by atoms with Crippen molar-refractivity contribution in [1.82, 2.24) is 0 Å². The zero-order chi connectivity index (χ0) is 9.02. The summed E-state index contributed by atoms with van der Waals surface area (Å²) >= 11 is 0. The van der Waals surface area contributed by atoms with E-state index >= 15 is 0 Å². The summed E-state index contributed by atoms with van der Waals surface area (Å²) in [5.74, 6) is 3.09. The predicted molar refractivity (Wildman–Crippen MR) is 54.3 cm³/mol. The zero-order valence-electron chi connectivity index (χ0n) is 9.89. The first-order valence-electron chi connectivity index (χ1n) is 4.80. The van der Waals surface area contributed by atoms with Crippen LogP contribution in [0.5, 0.6) is 0 Å². The van der Waals surface area contributed by atoms with E-state index in [1.165, 1.54) is 0 Å². The maximum absolute atomic E-state index is 2.48. The Morgan fingerprint density at radius 1 is 0.667 bits per heavy atom. The van der Waals surface area contributed by atoms with Crippen molar-refractivity contribution in [2.24, 2.45) is 11.8 Å². The topological polar surface area (TPSA) is 0 Å². The summed E-state index contributed by atoms with van der Waals surface area (Å²) in [4.78, 5) is 0. The van der Waals surface area contributed by atoms with Crippen molar-refractivity contribution in [3.05, 3.63) is 0 Å². The fraction of sp³-hybridized carbons (Fsp3) is 1.00. The average molecular weight is 160 g/mol. The molecule has 0 saturated carbocycles. The van der Waals surface area contributed by atoms with Gasteiger partial charge in [-0.2, -0.15) is 0 Å². The minimum absolute atomic E-state index is 0. The molecule has 0 heterocycles. The Hall–Kier alpha value is 0.662. The summed E-state index contributed by atoms with van der Waals surface area (Å²) in [6.07, 6.45) is 0. The van der Waals surface area contributed by atoms with Crippen LogP contribution >= 0.6 is 0 Å². The largest absolute Gasteiger partial charge is 1.00 e. The summed E-state index contributed by atoms with van der Waals surface area (Å²) in [7, 11) is 2.48. The van der Waals surface area contributed by atoms with Crippen molar-refractivity contribution in [1.29, 1.82) is 0 Å². The van der Waals surface area contributed by atoms with E-state index in [2.05, 4.69) is 48.8 Å². The fourth-order valence-corrected chi connectivity index (χ4v) is 0.923. The van der Waals surface area contributed by atoms with Crippen LogP contribution in [-0.2, 0) is 0 Å². The van der Waals surface area contributed by atoms with Crippen molar-refractivity contribution in [3.8, 4) is 0 Å². The Bertz CT molecular complexity index is 90.0. The van der Waals surface area contributed by atoms with Gasteiger partial charge in [-0.25, -0.2) is 11.6 Å². The Labute approximate surface area is 91.3 Å². The first kappa shape index (κ1) is 15.1. The third-order valence-corrected chi connectivity index (χ3v) is 2.71. The van der Waals surface area contributed by atoms with Crippen LogP contribution in [-0.4, -0.2) is 7.28 Å². The summed E-state index contributed by atoms with van der Waals surface area (Å²) < 4.78 is 0. The van der Waals surface area contributed by atoms with Gasteiger partial charge in [0.1, 0.15) is 0 Å². The minimum Gasteiger partial charge on any atom is -0.328 e. The SMILES string of the molecule is CC(C)C(C)[B-]C(C)C(C)C.[Li+]. The van der Waals surface area contributed by atoms with E-state index in [1.54, 1.807) is 0 Å². The van der Waals surface area contributed by atoms with Crippen LogP contribution in [0.1, 0.15) is 41.5 Å². The zero-order valence-corrected chi connectivity index (χ0v) is 9.89. The Kier molecular flexibility index (Phi) is 8.97. The molecule has 2 heteroatoms. The molecule has 0 aliphatic carbocycles. The molecule has 0 spiro atoms. The van der Waals surface area contributed by atoms with Gasteiger partial charge in [0, 0.05) is 0 Å². The van der Waals surface area contributed by atoms with Crippen molar-refractivity contribution in [2.45, 2.75) is 53.2 Å². The van der Waals surface area contributed by atoms with E-state index < -0.39 is 0 Å². The quantitative estimate of drug-likeness (QED) is 0.529. The van der Waals surface area contributed by atoms with Gasteiger partial charge in [0.05, 0.1) is 0 Å². The second-order valence-corrected chi connectivity index (χ2v) is 4.40. The molecule has 0 amide bonds. The summed E-state index contributed by atoms with van der Waals surface area (Å²) in [5.41, 5.74) is 0. The molecule has 0 bridgehead atoms. The van der Waals surface area contributed by atoms with E-state index in [1.807, 2.05) is 0 Å². The number of hydrogen-bond donors (Lipinski definition) is 0. The fourth-order valence-electron chi connectivity index (χ4n) is 0.923. The molecule has 2 radical (unpaired) electrons. The van der Waals surface area contributed by atoms with Gasteiger partial charge in [-0.3, -0.25) is 0 Å². The Balaban J connectivity index is 0. The molecular formula is C10H22BLi. The number of hydrogen-bond acceptors (Lipinski definition) is 0. The van der Waals surface area contributed by atoms with Crippen molar-refractivity contribution < 1.29 is 18.9 Å². The van der Waals surface area contributed by atoms with Gasteiger partial charge in [0.25, 0.3) is 0 Å².